The van der Waals surface area contributed by atoms with E-state index in [0.29, 0.717) is 22.9 Å². The fourth-order valence-electron chi connectivity index (χ4n) is 3.01. The van der Waals surface area contributed by atoms with E-state index in [1.807, 2.05) is 37.3 Å². The summed E-state index contributed by atoms with van der Waals surface area (Å²) in [5, 5.41) is 6.82. The van der Waals surface area contributed by atoms with Crippen LogP contribution in [0.3, 0.4) is 0 Å². The van der Waals surface area contributed by atoms with Crippen LogP contribution < -0.4 is 15.4 Å². The van der Waals surface area contributed by atoms with Crippen molar-refractivity contribution in [3.8, 4) is 5.75 Å². The van der Waals surface area contributed by atoms with Crippen LogP contribution >= 0.6 is 11.6 Å². The van der Waals surface area contributed by atoms with Crippen LogP contribution in [0.2, 0.25) is 5.02 Å². The zero-order valence-electron chi connectivity index (χ0n) is 14.8. The number of pyridine rings is 1. The summed E-state index contributed by atoms with van der Waals surface area (Å²) >= 11 is 6.06. The van der Waals surface area contributed by atoms with Crippen LogP contribution in [0.4, 0.5) is 17.1 Å². The van der Waals surface area contributed by atoms with Crippen LogP contribution in [0.5, 0.6) is 5.75 Å². The first-order valence-corrected chi connectivity index (χ1v) is 9.03. The summed E-state index contributed by atoms with van der Waals surface area (Å²) in [6.45, 7) is 2.45. The van der Waals surface area contributed by atoms with Crippen molar-refractivity contribution in [2.75, 3.05) is 17.2 Å². The SMILES string of the molecule is Cc1ncccc1OCCc1ccc2c(c1)NC(=O)c1ccc(Cl)cc1N2. The lowest BCUT2D eigenvalue weighted by atomic mass is 10.1. The maximum absolute atomic E-state index is 12.5. The molecule has 1 aromatic heterocycles. The average molecular weight is 380 g/mol. The topological polar surface area (TPSA) is 63.2 Å². The molecule has 2 heterocycles. The highest BCUT2D eigenvalue weighted by Crippen LogP contribution is 2.34. The molecule has 0 spiro atoms. The minimum absolute atomic E-state index is 0.160. The summed E-state index contributed by atoms with van der Waals surface area (Å²) in [7, 11) is 0. The van der Waals surface area contributed by atoms with Crippen LogP contribution in [-0.4, -0.2) is 17.5 Å². The van der Waals surface area contributed by atoms with Gasteiger partial charge in [0, 0.05) is 17.6 Å². The van der Waals surface area contributed by atoms with Gasteiger partial charge in [-0.2, -0.15) is 0 Å². The van der Waals surface area contributed by atoms with Gasteiger partial charge in [0.25, 0.3) is 5.91 Å². The number of amides is 1. The van der Waals surface area contributed by atoms with Gasteiger partial charge in [0.05, 0.1) is 34.9 Å². The van der Waals surface area contributed by atoms with Gasteiger partial charge in [0.1, 0.15) is 5.75 Å². The number of hydrogen-bond donors (Lipinski definition) is 2. The first-order chi connectivity index (χ1) is 13.1. The Kier molecular flexibility index (Phi) is 4.69. The Balaban J connectivity index is 1.50. The second-order valence-electron chi connectivity index (χ2n) is 6.33. The normalized spacial score (nSPS) is 12.3. The Morgan fingerprint density at radius 1 is 1.04 bits per heavy atom. The molecular formula is C21H18ClN3O2. The van der Waals surface area contributed by atoms with Crippen LogP contribution in [0.15, 0.2) is 54.7 Å². The van der Waals surface area contributed by atoms with Gasteiger partial charge < -0.3 is 15.4 Å². The highest BCUT2D eigenvalue weighted by Gasteiger charge is 2.19. The van der Waals surface area contributed by atoms with Crippen molar-refractivity contribution in [2.45, 2.75) is 13.3 Å². The Morgan fingerprint density at radius 2 is 1.93 bits per heavy atom. The molecule has 0 bridgehead atoms. The number of carbonyl (C=O) groups is 1. The van der Waals surface area contributed by atoms with E-state index < -0.39 is 0 Å². The van der Waals surface area contributed by atoms with Gasteiger partial charge in [-0.15, -0.1) is 0 Å². The van der Waals surface area contributed by atoms with Crippen molar-refractivity contribution < 1.29 is 9.53 Å². The van der Waals surface area contributed by atoms with Crippen molar-refractivity contribution in [1.82, 2.24) is 4.98 Å². The molecule has 2 N–H and O–H groups in total. The number of carbonyl (C=O) groups excluding carboxylic acids is 1. The molecule has 0 saturated heterocycles. The van der Waals surface area contributed by atoms with Crippen molar-refractivity contribution >= 4 is 34.6 Å². The van der Waals surface area contributed by atoms with E-state index in [-0.39, 0.29) is 5.91 Å². The third-order valence-corrected chi connectivity index (χ3v) is 4.67. The zero-order valence-corrected chi connectivity index (χ0v) is 15.5. The predicted molar refractivity (Wildman–Crippen MR) is 107 cm³/mol. The molecule has 2 aromatic carbocycles. The van der Waals surface area contributed by atoms with Crippen molar-refractivity contribution in [1.29, 1.82) is 0 Å². The molecule has 1 aliphatic heterocycles. The summed E-state index contributed by atoms with van der Waals surface area (Å²) in [6, 6.07) is 14.9. The molecule has 3 aromatic rings. The third-order valence-electron chi connectivity index (χ3n) is 4.43. The first-order valence-electron chi connectivity index (χ1n) is 8.65. The van der Waals surface area contributed by atoms with Gasteiger partial charge in [-0.3, -0.25) is 9.78 Å². The molecule has 1 aliphatic rings. The molecule has 136 valence electrons. The van der Waals surface area contributed by atoms with Gasteiger partial charge >= 0.3 is 0 Å². The second kappa shape index (κ2) is 7.29. The lowest BCUT2D eigenvalue weighted by molar-refractivity contribution is 0.102. The van der Waals surface area contributed by atoms with Gasteiger partial charge in [-0.25, -0.2) is 0 Å². The quantitative estimate of drug-likeness (QED) is 0.671. The van der Waals surface area contributed by atoms with E-state index in [4.69, 9.17) is 16.3 Å². The van der Waals surface area contributed by atoms with Crippen LogP contribution in [0.25, 0.3) is 0 Å². The maximum Gasteiger partial charge on any atom is 0.257 e. The number of aryl methyl sites for hydroxylation is 1. The molecule has 0 radical (unpaired) electrons. The number of anilines is 3. The Bertz CT molecular complexity index is 1020. The van der Waals surface area contributed by atoms with E-state index in [0.717, 1.165) is 34.8 Å². The van der Waals surface area contributed by atoms with E-state index in [1.54, 1.807) is 24.4 Å². The summed E-state index contributed by atoms with van der Waals surface area (Å²) < 4.78 is 5.81. The van der Waals surface area contributed by atoms with E-state index in [9.17, 15) is 4.79 Å². The number of hydrogen-bond acceptors (Lipinski definition) is 4. The van der Waals surface area contributed by atoms with Gasteiger partial charge in [-0.05, 0) is 55.0 Å². The number of ether oxygens (including phenoxy) is 1. The lowest BCUT2D eigenvalue weighted by Crippen LogP contribution is -2.11. The highest BCUT2D eigenvalue weighted by atomic mass is 35.5. The molecule has 27 heavy (non-hydrogen) atoms. The number of nitrogens with zero attached hydrogens (tertiary/aromatic N) is 1. The Labute approximate surface area is 162 Å². The first kappa shape index (κ1) is 17.4. The van der Waals surface area contributed by atoms with Crippen LogP contribution in [0, 0.1) is 6.92 Å². The number of benzene rings is 2. The molecule has 5 nitrogen and oxygen atoms in total. The summed E-state index contributed by atoms with van der Waals surface area (Å²) in [5.41, 5.74) is 4.77. The van der Waals surface area contributed by atoms with Crippen molar-refractivity contribution in [2.24, 2.45) is 0 Å². The molecule has 4 rings (SSSR count). The molecule has 6 heteroatoms. The number of fused-ring (bicyclic) bond motifs is 2. The van der Waals surface area contributed by atoms with E-state index in [2.05, 4.69) is 15.6 Å². The summed E-state index contributed by atoms with van der Waals surface area (Å²) in [6.07, 6.45) is 2.46. The van der Waals surface area contributed by atoms with E-state index in [1.165, 1.54) is 0 Å². The lowest BCUT2D eigenvalue weighted by Gasteiger charge is -2.12. The fourth-order valence-corrected chi connectivity index (χ4v) is 3.18. The van der Waals surface area contributed by atoms with Gasteiger partial charge in [-0.1, -0.05) is 17.7 Å². The predicted octanol–water partition coefficient (Wildman–Crippen LogP) is 4.97. The van der Waals surface area contributed by atoms with Crippen LogP contribution in [0.1, 0.15) is 21.6 Å². The number of rotatable bonds is 4. The maximum atomic E-state index is 12.5. The number of aromatic nitrogens is 1. The molecule has 0 aliphatic carbocycles. The second-order valence-corrected chi connectivity index (χ2v) is 6.77. The fraction of sp³-hybridized carbons (Fsp3) is 0.143. The number of halogens is 1. The van der Waals surface area contributed by atoms with Crippen molar-refractivity contribution in [3.63, 3.8) is 0 Å². The minimum atomic E-state index is -0.160. The molecule has 1 amide bonds. The molecule has 0 atom stereocenters. The molecule has 0 saturated carbocycles. The Hall–Kier alpha value is -3.05. The standard InChI is InChI=1S/C21H18ClN3O2/c1-13-20(3-2-9-23-13)27-10-8-14-4-7-17-19(11-14)25-21(26)16-6-5-15(22)12-18(16)24-17/h2-7,9,11-12,24H,8,10H2,1H3,(H,25,26). The smallest absolute Gasteiger partial charge is 0.257 e. The zero-order chi connectivity index (χ0) is 18.8. The van der Waals surface area contributed by atoms with Gasteiger partial charge in [0.2, 0.25) is 0 Å². The van der Waals surface area contributed by atoms with E-state index >= 15 is 0 Å². The summed E-state index contributed by atoms with van der Waals surface area (Å²) in [4.78, 5) is 16.7. The van der Waals surface area contributed by atoms with Gasteiger partial charge in [0.15, 0.2) is 0 Å². The van der Waals surface area contributed by atoms with Crippen molar-refractivity contribution in [3.05, 3.63) is 76.6 Å². The molecular weight excluding hydrogens is 362 g/mol. The average Bonchev–Trinajstić information content (AvgIpc) is 2.78. The number of nitrogens with one attached hydrogen (secondary N) is 2. The highest BCUT2D eigenvalue weighted by molar-refractivity contribution is 6.31. The largest absolute Gasteiger partial charge is 0.491 e. The minimum Gasteiger partial charge on any atom is -0.491 e. The monoisotopic (exact) mass is 379 g/mol. The third kappa shape index (κ3) is 3.73. The summed E-state index contributed by atoms with van der Waals surface area (Å²) in [5.74, 6) is 0.627. The Morgan fingerprint density at radius 3 is 2.78 bits per heavy atom. The molecule has 0 fully saturated rings. The van der Waals surface area contributed by atoms with Crippen LogP contribution in [-0.2, 0) is 6.42 Å². The molecule has 0 unspecified atom stereocenters.